The third kappa shape index (κ3) is 6.08. The van der Waals surface area contributed by atoms with Crippen molar-refractivity contribution >= 4 is 15.9 Å². The summed E-state index contributed by atoms with van der Waals surface area (Å²) in [6, 6.07) is 13.5. The van der Waals surface area contributed by atoms with Gasteiger partial charge in [0.15, 0.2) is 0 Å². The lowest BCUT2D eigenvalue weighted by atomic mass is 10.1. The van der Waals surface area contributed by atoms with Gasteiger partial charge in [0.25, 0.3) is 5.91 Å². The van der Waals surface area contributed by atoms with Crippen molar-refractivity contribution in [1.29, 1.82) is 0 Å². The van der Waals surface area contributed by atoms with Crippen LogP contribution >= 0.6 is 0 Å². The van der Waals surface area contributed by atoms with Crippen molar-refractivity contribution in [3.05, 3.63) is 59.7 Å². The summed E-state index contributed by atoms with van der Waals surface area (Å²) >= 11 is 0. The van der Waals surface area contributed by atoms with Crippen molar-refractivity contribution in [2.75, 3.05) is 13.7 Å². The van der Waals surface area contributed by atoms with Gasteiger partial charge in [-0.05, 0) is 55.7 Å². The van der Waals surface area contributed by atoms with E-state index in [2.05, 4.69) is 10.0 Å². The Labute approximate surface area is 161 Å². The molecule has 146 valence electrons. The van der Waals surface area contributed by atoms with Gasteiger partial charge in [0, 0.05) is 18.2 Å². The first-order valence-electron chi connectivity index (χ1n) is 8.89. The highest BCUT2D eigenvalue weighted by Gasteiger charge is 2.18. The maximum Gasteiger partial charge on any atom is 0.251 e. The Morgan fingerprint density at radius 1 is 1.15 bits per heavy atom. The number of sulfonamides is 1. The van der Waals surface area contributed by atoms with Crippen LogP contribution in [0, 0.1) is 0 Å². The topological polar surface area (TPSA) is 84.5 Å². The monoisotopic (exact) mass is 390 g/mol. The van der Waals surface area contributed by atoms with Crippen molar-refractivity contribution in [2.45, 2.75) is 37.6 Å². The van der Waals surface area contributed by atoms with Gasteiger partial charge in [0.1, 0.15) is 5.75 Å². The third-order valence-corrected chi connectivity index (χ3v) is 5.82. The predicted molar refractivity (Wildman–Crippen MR) is 106 cm³/mol. The zero-order valence-electron chi connectivity index (χ0n) is 15.9. The summed E-state index contributed by atoms with van der Waals surface area (Å²) < 4.78 is 32.5. The molecule has 0 aliphatic carbocycles. The molecule has 6 nitrogen and oxygen atoms in total. The third-order valence-electron chi connectivity index (χ3n) is 4.23. The van der Waals surface area contributed by atoms with E-state index in [1.165, 1.54) is 12.1 Å². The molecule has 2 N–H and O–H groups in total. The highest BCUT2D eigenvalue weighted by Crippen LogP contribution is 2.13. The van der Waals surface area contributed by atoms with E-state index in [9.17, 15) is 13.2 Å². The minimum Gasteiger partial charge on any atom is -0.497 e. The van der Waals surface area contributed by atoms with Crippen LogP contribution < -0.4 is 14.8 Å². The molecule has 0 aliphatic heterocycles. The van der Waals surface area contributed by atoms with Gasteiger partial charge >= 0.3 is 0 Å². The summed E-state index contributed by atoms with van der Waals surface area (Å²) in [5.74, 6) is 0.482. The minimum atomic E-state index is -3.64. The summed E-state index contributed by atoms with van der Waals surface area (Å²) in [6.45, 7) is 4.15. The van der Waals surface area contributed by atoms with E-state index < -0.39 is 10.0 Å². The summed E-state index contributed by atoms with van der Waals surface area (Å²) in [5, 5.41) is 2.82. The second-order valence-electron chi connectivity index (χ2n) is 6.31. The number of carbonyl (C=O) groups excluding carboxylic acids is 1. The summed E-state index contributed by atoms with van der Waals surface area (Å²) in [4.78, 5) is 12.4. The minimum absolute atomic E-state index is 0.0885. The van der Waals surface area contributed by atoms with Crippen molar-refractivity contribution in [3.63, 3.8) is 0 Å². The average Bonchev–Trinajstić information content (AvgIpc) is 2.68. The summed E-state index contributed by atoms with van der Waals surface area (Å²) in [6.07, 6.45) is 1.36. The maximum atomic E-state index is 12.4. The maximum absolute atomic E-state index is 12.4. The molecule has 2 aromatic rings. The normalized spacial score (nSPS) is 12.4. The van der Waals surface area contributed by atoms with E-state index in [1.807, 2.05) is 31.2 Å². The van der Waals surface area contributed by atoms with Gasteiger partial charge in [-0.15, -0.1) is 0 Å². The second kappa shape index (κ2) is 9.53. The molecule has 1 amide bonds. The summed E-state index contributed by atoms with van der Waals surface area (Å²) in [5.41, 5.74) is 1.39. The molecular formula is C20H26N2O4S. The molecule has 0 radical (unpaired) electrons. The Balaban J connectivity index is 1.98. The molecule has 1 unspecified atom stereocenters. The van der Waals surface area contributed by atoms with Crippen LogP contribution in [0.5, 0.6) is 5.75 Å². The Hall–Kier alpha value is -2.38. The van der Waals surface area contributed by atoms with Gasteiger partial charge in [0.05, 0.1) is 12.0 Å². The van der Waals surface area contributed by atoms with E-state index in [1.54, 1.807) is 26.2 Å². The Bertz CT molecular complexity index is 864. The standard InChI is InChI=1S/C20H26N2O4S/c1-4-15(2)22-27(24,25)19-7-5-6-17(14-19)20(23)21-13-12-16-8-10-18(26-3)11-9-16/h5-11,14-15,22H,4,12-13H2,1-3H3,(H,21,23). The predicted octanol–water partition coefficient (Wildman–Crippen LogP) is 2.74. The molecular weight excluding hydrogens is 364 g/mol. The molecule has 0 spiro atoms. The van der Waals surface area contributed by atoms with Gasteiger partial charge in [-0.3, -0.25) is 4.79 Å². The SMILES string of the molecule is CCC(C)NS(=O)(=O)c1cccc(C(=O)NCCc2ccc(OC)cc2)c1. The number of rotatable bonds is 9. The molecule has 0 saturated heterocycles. The average molecular weight is 391 g/mol. The first kappa shape index (κ1) is 20.9. The van der Waals surface area contributed by atoms with E-state index in [-0.39, 0.29) is 16.8 Å². The van der Waals surface area contributed by atoms with Crippen LogP contribution in [0.2, 0.25) is 0 Å². The fourth-order valence-corrected chi connectivity index (χ4v) is 3.81. The number of carbonyl (C=O) groups is 1. The molecule has 7 heteroatoms. The fraction of sp³-hybridized carbons (Fsp3) is 0.350. The summed E-state index contributed by atoms with van der Waals surface area (Å²) in [7, 11) is -2.03. The van der Waals surface area contributed by atoms with Gasteiger partial charge < -0.3 is 10.1 Å². The van der Waals surface area contributed by atoms with Crippen LogP contribution in [0.3, 0.4) is 0 Å². The first-order valence-corrected chi connectivity index (χ1v) is 10.4. The Morgan fingerprint density at radius 3 is 2.48 bits per heavy atom. The molecule has 2 aromatic carbocycles. The van der Waals surface area contributed by atoms with E-state index in [0.717, 1.165) is 11.3 Å². The first-order chi connectivity index (χ1) is 12.9. The van der Waals surface area contributed by atoms with Crippen molar-refractivity contribution < 1.29 is 17.9 Å². The molecule has 27 heavy (non-hydrogen) atoms. The van der Waals surface area contributed by atoms with E-state index in [0.29, 0.717) is 24.9 Å². The highest BCUT2D eigenvalue weighted by atomic mass is 32.2. The number of ether oxygens (including phenoxy) is 1. The Morgan fingerprint density at radius 2 is 1.85 bits per heavy atom. The lowest BCUT2D eigenvalue weighted by molar-refractivity contribution is 0.0954. The van der Waals surface area contributed by atoms with Crippen molar-refractivity contribution in [1.82, 2.24) is 10.0 Å². The lowest BCUT2D eigenvalue weighted by Crippen LogP contribution is -2.32. The van der Waals surface area contributed by atoms with Crippen LogP contribution in [0.1, 0.15) is 36.2 Å². The highest BCUT2D eigenvalue weighted by molar-refractivity contribution is 7.89. The number of hydrogen-bond acceptors (Lipinski definition) is 4. The molecule has 0 heterocycles. The zero-order chi connectivity index (χ0) is 19.9. The van der Waals surface area contributed by atoms with Gasteiger partial charge in [0.2, 0.25) is 10.0 Å². The number of benzene rings is 2. The molecule has 2 rings (SSSR count). The number of nitrogens with one attached hydrogen (secondary N) is 2. The Kier molecular flexibility index (Phi) is 7.38. The molecule has 0 aliphatic rings. The van der Waals surface area contributed by atoms with Crippen molar-refractivity contribution in [2.24, 2.45) is 0 Å². The fourth-order valence-electron chi connectivity index (χ4n) is 2.44. The smallest absolute Gasteiger partial charge is 0.251 e. The molecule has 0 bridgehead atoms. The number of amides is 1. The number of hydrogen-bond donors (Lipinski definition) is 2. The zero-order valence-corrected chi connectivity index (χ0v) is 16.7. The van der Waals surface area contributed by atoms with Crippen LogP contribution in [-0.2, 0) is 16.4 Å². The van der Waals surface area contributed by atoms with Gasteiger partial charge in [-0.25, -0.2) is 13.1 Å². The molecule has 0 saturated carbocycles. The van der Waals surface area contributed by atoms with Crippen LogP contribution in [-0.4, -0.2) is 34.0 Å². The number of methoxy groups -OCH3 is 1. The van der Waals surface area contributed by atoms with Crippen LogP contribution in [0.15, 0.2) is 53.4 Å². The van der Waals surface area contributed by atoms with Crippen LogP contribution in [0.25, 0.3) is 0 Å². The lowest BCUT2D eigenvalue weighted by Gasteiger charge is -2.13. The van der Waals surface area contributed by atoms with E-state index >= 15 is 0 Å². The molecule has 0 aromatic heterocycles. The van der Waals surface area contributed by atoms with E-state index in [4.69, 9.17) is 4.74 Å². The van der Waals surface area contributed by atoms with Gasteiger partial charge in [-0.2, -0.15) is 0 Å². The van der Waals surface area contributed by atoms with Crippen molar-refractivity contribution in [3.8, 4) is 5.75 Å². The van der Waals surface area contributed by atoms with Gasteiger partial charge in [-0.1, -0.05) is 25.1 Å². The quantitative estimate of drug-likeness (QED) is 0.689. The van der Waals surface area contributed by atoms with Crippen LogP contribution in [0.4, 0.5) is 0 Å². The largest absolute Gasteiger partial charge is 0.497 e. The molecule has 1 atom stereocenters. The second-order valence-corrected chi connectivity index (χ2v) is 8.03. The molecule has 0 fully saturated rings.